The summed E-state index contributed by atoms with van der Waals surface area (Å²) in [5, 5.41) is 6.87. The summed E-state index contributed by atoms with van der Waals surface area (Å²) in [6.45, 7) is 0.805. The molecule has 0 saturated heterocycles. The topological polar surface area (TPSA) is 63.8 Å². The molecule has 250 valence electrons. The maximum atomic E-state index is 6.49. The number of furan rings is 1. The van der Waals surface area contributed by atoms with E-state index < -0.39 is 0 Å². The van der Waals surface area contributed by atoms with Crippen molar-refractivity contribution in [3.63, 3.8) is 0 Å². The summed E-state index contributed by atoms with van der Waals surface area (Å²) in [5.41, 5.74) is 13.4. The first-order valence-electron chi connectivity index (χ1n) is 17.8. The molecule has 6 aromatic carbocycles. The van der Waals surface area contributed by atoms with Crippen molar-refractivity contribution in [1.29, 1.82) is 0 Å². The molecule has 0 saturated carbocycles. The van der Waals surface area contributed by atoms with E-state index in [-0.39, 0.29) is 0 Å². The van der Waals surface area contributed by atoms with E-state index in [9.17, 15) is 0 Å². The molecule has 0 bridgehead atoms. The Balaban J connectivity index is 1.20. The largest absolute Gasteiger partial charge is 0.454 e. The van der Waals surface area contributed by atoms with E-state index in [0.717, 1.165) is 90.2 Å². The van der Waals surface area contributed by atoms with Gasteiger partial charge in [-0.2, -0.15) is 0 Å². The highest BCUT2D eigenvalue weighted by Gasteiger charge is 2.18. The van der Waals surface area contributed by atoms with Gasteiger partial charge in [0.2, 0.25) is 0 Å². The lowest BCUT2D eigenvalue weighted by Crippen LogP contribution is -2.14. The molecule has 9 aromatic rings. The summed E-state index contributed by atoms with van der Waals surface area (Å²) in [4.78, 5) is 15.3. The van der Waals surface area contributed by atoms with Crippen LogP contribution < -0.4 is 5.32 Å². The summed E-state index contributed by atoms with van der Waals surface area (Å²) in [6.07, 6.45) is 8.19. The number of para-hydroxylation sites is 1. The van der Waals surface area contributed by atoms with Crippen LogP contribution in [0.1, 0.15) is 5.56 Å². The van der Waals surface area contributed by atoms with Crippen molar-refractivity contribution < 1.29 is 4.42 Å². The molecule has 10 rings (SSSR count). The lowest BCUT2D eigenvalue weighted by molar-refractivity contribution is 0.669. The molecule has 3 aromatic heterocycles. The van der Waals surface area contributed by atoms with Gasteiger partial charge >= 0.3 is 0 Å². The lowest BCUT2D eigenvalue weighted by atomic mass is 9.94. The molecule has 0 fully saturated rings. The zero-order chi connectivity index (χ0) is 35.1. The standard InChI is InChI=1S/C48H32N4O/c1-2-12-32(13-3-1)43-30-44(36-16-10-15-35(26-36)42-18-8-9-23-49-42)52-48(51-43)39-28-37(34-21-20-31-11-4-5-14-33(31)25-34)27-38(29-39)40-22-24-50-46-41-17-6-7-19-45(41)53-47(40)46/h1-22,24-30,49H,23H2. The van der Waals surface area contributed by atoms with E-state index >= 15 is 0 Å². The number of nitrogens with one attached hydrogen (secondary N) is 1. The van der Waals surface area contributed by atoms with Crippen LogP contribution in [0.5, 0.6) is 0 Å². The Morgan fingerprint density at radius 1 is 0.528 bits per heavy atom. The highest BCUT2D eigenvalue weighted by atomic mass is 16.3. The van der Waals surface area contributed by atoms with E-state index in [1.54, 1.807) is 0 Å². The van der Waals surface area contributed by atoms with Crippen LogP contribution in [0, 0.1) is 0 Å². The van der Waals surface area contributed by atoms with E-state index in [0.29, 0.717) is 5.82 Å². The fraction of sp³-hybridized carbons (Fsp3) is 0.0208. The molecule has 0 aliphatic carbocycles. The third-order valence-electron chi connectivity index (χ3n) is 9.92. The monoisotopic (exact) mass is 680 g/mol. The van der Waals surface area contributed by atoms with Crippen molar-refractivity contribution in [3.8, 4) is 56.2 Å². The van der Waals surface area contributed by atoms with Gasteiger partial charge in [0.1, 0.15) is 11.1 Å². The Hall–Kier alpha value is -7.11. The van der Waals surface area contributed by atoms with Crippen LogP contribution in [0.2, 0.25) is 0 Å². The van der Waals surface area contributed by atoms with E-state index in [4.69, 9.17) is 19.4 Å². The van der Waals surface area contributed by atoms with Crippen molar-refractivity contribution in [2.24, 2.45) is 0 Å². The molecule has 1 aliphatic rings. The molecule has 0 amide bonds. The number of dihydropyridines is 1. The van der Waals surface area contributed by atoms with Gasteiger partial charge in [-0.15, -0.1) is 0 Å². The van der Waals surface area contributed by atoms with E-state index in [1.807, 2.05) is 48.7 Å². The van der Waals surface area contributed by atoms with Gasteiger partial charge < -0.3 is 9.73 Å². The van der Waals surface area contributed by atoms with Gasteiger partial charge in [-0.1, -0.05) is 109 Å². The molecule has 0 radical (unpaired) electrons. The third kappa shape index (κ3) is 5.75. The average Bonchev–Trinajstić information content (AvgIpc) is 3.63. The van der Waals surface area contributed by atoms with Crippen LogP contribution in [-0.2, 0) is 0 Å². The number of aromatic nitrogens is 3. The van der Waals surface area contributed by atoms with Crippen LogP contribution in [-0.4, -0.2) is 21.5 Å². The molecule has 1 N–H and O–H groups in total. The number of fused-ring (bicyclic) bond motifs is 4. The minimum absolute atomic E-state index is 0.642. The van der Waals surface area contributed by atoms with Gasteiger partial charge in [0.05, 0.1) is 11.4 Å². The van der Waals surface area contributed by atoms with Gasteiger partial charge in [-0.05, 0) is 93.7 Å². The second kappa shape index (κ2) is 12.9. The molecule has 0 atom stereocenters. The molecule has 0 spiro atoms. The van der Waals surface area contributed by atoms with Crippen molar-refractivity contribution >= 4 is 38.5 Å². The van der Waals surface area contributed by atoms with Crippen LogP contribution in [0.4, 0.5) is 0 Å². The number of benzene rings is 6. The van der Waals surface area contributed by atoms with Gasteiger partial charge in [-0.3, -0.25) is 4.98 Å². The first-order valence-corrected chi connectivity index (χ1v) is 17.8. The Labute approximate surface area is 306 Å². The highest BCUT2D eigenvalue weighted by Crippen LogP contribution is 2.39. The SMILES string of the molecule is C1=CCNC(c2cccc(-c3cc(-c4ccccc4)nc(-c4cc(-c5ccc6ccccc6c5)cc(-c5ccnc6c5oc5ccccc56)c4)n3)c2)=C1. The quantitative estimate of drug-likeness (QED) is 0.189. The molecule has 5 heteroatoms. The number of allylic oxidation sites excluding steroid dienone is 2. The van der Waals surface area contributed by atoms with Gasteiger partial charge in [0, 0.05) is 46.1 Å². The predicted molar refractivity (Wildman–Crippen MR) is 217 cm³/mol. The summed E-state index contributed by atoms with van der Waals surface area (Å²) in [5.74, 6) is 0.642. The molecular formula is C48H32N4O. The maximum Gasteiger partial charge on any atom is 0.161 e. The first kappa shape index (κ1) is 30.7. The Bertz CT molecular complexity index is 2900. The summed E-state index contributed by atoms with van der Waals surface area (Å²) in [6, 6.07) is 52.8. The number of hydrogen-bond acceptors (Lipinski definition) is 5. The van der Waals surface area contributed by atoms with E-state index in [2.05, 4.69) is 133 Å². The van der Waals surface area contributed by atoms with Crippen molar-refractivity contribution in [1.82, 2.24) is 20.3 Å². The molecular weight excluding hydrogens is 649 g/mol. The molecule has 53 heavy (non-hydrogen) atoms. The number of nitrogens with zero attached hydrogens (tertiary/aromatic N) is 3. The Morgan fingerprint density at radius 3 is 2.15 bits per heavy atom. The van der Waals surface area contributed by atoms with Crippen LogP contribution >= 0.6 is 0 Å². The van der Waals surface area contributed by atoms with Crippen LogP contribution in [0.3, 0.4) is 0 Å². The zero-order valence-corrected chi connectivity index (χ0v) is 28.7. The molecule has 0 unspecified atom stereocenters. The maximum absolute atomic E-state index is 6.49. The first-order chi connectivity index (χ1) is 26.2. The predicted octanol–water partition coefficient (Wildman–Crippen LogP) is 11.8. The fourth-order valence-electron chi connectivity index (χ4n) is 7.27. The Morgan fingerprint density at radius 2 is 1.26 bits per heavy atom. The van der Waals surface area contributed by atoms with Crippen molar-refractivity contribution in [2.75, 3.05) is 6.54 Å². The van der Waals surface area contributed by atoms with E-state index in [1.165, 1.54) is 10.8 Å². The molecule has 1 aliphatic heterocycles. The van der Waals surface area contributed by atoms with Crippen molar-refractivity contribution in [3.05, 3.63) is 182 Å². The second-order valence-electron chi connectivity index (χ2n) is 13.3. The van der Waals surface area contributed by atoms with Gasteiger partial charge in [0.15, 0.2) is 11.4 Å². The highest BCUT2D eigenvalue weighted by molar-refractivity contribution is 6.07. The lowest BCUT2D eigenvalue weighted by Gasteiger charge is -2.15. The minimum atomic E-state index is 0.642. The second-order valence-corrected chi connectivity index (χ2v) is 13.3. The third-order valence-corrected chi connectivity index (χ3v) is 9.92. The minimum Gasteiger partial charge on any atom is -0.454 e. The van der Waals surface area contributed by atoms with Gasteiger partial charge in [-0.25, -0.2) is 9.97 Å². The zero-order valence-electron chi connectivity index (χ0n) is 28.7. The summed E-state index contributed by atoms with van der Waals surface area (Å²) < 4.78 is 6.49. The average molecular weight is 681 g/mol. The van der Waals surface area contributed by atoms with Gasteiger partial charge in [0.25, 0.3) is 0 Å². The normalized spacial score (nSPS) is 12.6. The molecule has 5 nitrogen and oxygen atoms in total. The van der Waals surface area contributed by atoms with Crippen LogP contribution in [0.15, 0.2) is 181 Å². The van der Waals surface area contributed by atoms with Crippen LogP contribution in [0.25, 0.3) is 94.7 Å². The van der Waals surface area contributed by atoms with Crippen molar-refractivity contribution in [2.45, 2.75) is 0 Å². The summed E-state index contributed by atoms with van der Waals surface area (Å²) >= 11 is 0. The number of hydrogen-bond donors (Lipinski definition) is 1. The molecule has 4 heterocycles. The fourth-order valence-corrected chi connectivity index (χ4v) is 7.27. The Kier molecular flexibility index (Phi) is 7.47. The summed E-state index contributed by atoms with van der Waals surface area (Å²) in [7, 11) is 0. The number of pyridine rings is 1. The smallest absolute Gasteiger partial charge is 0.161 e. The number of rotatable bonds is 6.